The predicted octanol–water partition coefficient (Wildman–Crippen LogP) is 20.4. The van der Waals surface area contributed by atoms with Gasteiger partial charge in [-0.25, -0.2) is 0 Å². The van der Waals surface area contributed by atoms with Crippen molar-refractivity contribution in [3.8, 4) is 0 Å². The Kier molecular flexibility index (Phi) is 57.0. The lowest BCUT2D eigenvalue weighted by molar-refractivity contribution is -0.167. The molecule has 416 valence electrons. The summed E-state index contributed by atoms with van der Waals surface area (Å²) in [5.74, 6) is -0.962. The van der Waals surface area contributed by atoms with Crippen LogP contribution < -0.4 is 0 Å². The Morgan fingerprint density at radius 3 is 0.824 bits per heavy atom. The van der Waals surface area contributed by atoms with Crippen LogP contribution in [0.4, 0.5) is 0 Å². The molecule has 1 unspecified atom stereocenters. The van der Waals surface area contributed by atoms with Gasteiger partial charge in [0.05, 0.1) is 0 Å². The summed E-state index contributed by atoms with van der Waals surface area (Å²) in [6, 6.07) is 0. The molecule has 0 aliphatic rings. The summed E-state index contributed by atoms with van der Waals surface area (Å²) in [4.78, 5) is 38.2. The lowest BCUT2D eigenvalue weighted by Crippen LogP contribution is -2.30. The number of ether oxygens (including phenoxy) is 3. The molecule has 0 saturated heterocycles. The molecule has 0 aromatic carbocycles. The second-order valence-corrected chi connectivity index (χ2v) is 19.1. The van der Waals surface area contributed by atoms with Crippen molar-refractivity contribution in [2.45, 2.75) is 252 Å². The van der Waals surface area contributed by atoms with E-state index >= 15 is 0 Å². The Hall–Kier alpha value is -4.71. The van der Waals surface area contributed by atoms with Gasteiger partial charge in [-0.1, -0.05) is 237 Å². The van der Waals surface area contributed by atoms with Gasteiger partial charge in [0.25, 0.3) is 0 Å². The summed E-state index contributed by atoms with van der Waals surface area (Å²) in [6.07, 6.45) is 86.9. The molecule has 0 amide bonds. The fraction of sp³-hybridized carbons (Fsp3) is 0.603. The summed E-state index contributed by atoms with van der Waals surface area (Å²) >= 11 is 0. The van der Waals surface area contributed by atoms with Gasteiger partial charge in [0, 0.05) is 19.3 Å². The molecule has 6 heteroatoms. The average Bonchev–Trinajstić information content (AvgIpc) is 3.40. The molecule has 0 saturated carbocycles. The number of unbranched alkanes of at least 4 members (excludes halogenated alkanes) is 17. The third-order valence-corrected chi connectivity index (χ3v) is 12.1. The summed E-state index contributed by atoms with van der Waals surface area (Å²) in [5.41, 5.74) is 0. The molecule has 0 bridgehead atoms. The zero-order valence-corrected chi connectivity index (χ0v) is 47.5. The predicted molar refractivity (Wildman–Crippen MR) is 320 cm³/mol. The Morgan fingerprint density at radius 1 is 0.284 bits per heavy atom. The minimum absolute atomic E-state index is 0.106. The zero-order chi connectivity index (χ0) is 53.6. The molecule has 0 heterocycles. The summed E-state index contributed by atoms with van der Waals surface area (Å²) in [6.45, 7) is 6.32. The Balaban J connectivity index is 4.46. The monoisotopic (exact) mass is 1020 g/mol. The lowest BCUT2D eigenvalue weighted by Gasteiger charge is -2.18. The van der Waals surface area contributed by atoms with Gasteiger partial charge < -0.3 is 14.2 Å². The van der Waals surface area contributed by atoms with Crippen molar-refractivity contribution in [1.29, 1.82) is 0 Å². The molecule has 0 fully saturated rings. The van der Waals surface area contributed by atoms with Crippen LogP contribution in [0.25, 0.3) is 0 Å². The van der Waals surface area contributed by atoms with E-state index in [1.165, 1.54) is 32.1 Å². The third-order valence-electron chi connectivity index (χ3n) is 12.1. The Bertz CT molecular complexity index is 1640. The highest BCUT2D eigenvalue weighted by molar-refractivity contribution is 5.71. The molecule has 0 aliphatic carbocycles. The van der Waals surface area contributed by atoms with E-state index in [2.05, 4.69) is 167 Å². The lowest BCUT2D eigenvalue weighted by atomic mass is 10.1. The second kappa shape index (κ2) is 60.8. The van der Waals surface area contributed by atoms with Crippen molar-refractivity contribution in [3.05, 3.63) is 146 Å². The maximum Gasteiger partial charge on any atom is 0.306 e. The summed E-state index contributed by atoms with van der Waals surface area (Å²) in [5, 5.41) is 0. The Morgan fingerprint density at radius 2 is 0.527 bits per heavy atom. The van der Waals surface area contributed by atoms with Crippen molar-refractivity contribution >= 4 is 17.9 Å². The van der Waals surface area contributed by atoms with Crippen LogP contribution in [0.1, 0.15) is 245 Å². The van der Waals surface area contributed by atoms with E-state index in [0.29, 0.717) is 12.8 Å². The van der Waals surface area contributed by atoms with Gasteiger partial charge in [0.15, 0.2) is 6.10 Å². The van der Waals surface area contributed by atoms with E-state index in [4.69, 9.17) is 14.2 Å². The number of hydrogen-bond donors (Lipinski definition) is 0. The highest BCUT2D eigenvalue weighted by Crippen LogP contribution is 2.13. The van der Waals surface area contributed by atoms with Gasteiger partial charge in [-0.2, -0.15) is 0 Å². The van der Waals surface area contributed by atoms with Gasteiger partial charge >= 0.3 is 17.9 Å². The smallest absolute Gasteiger partial charge is 0.306 e. The molecule has 1 atom stereocenters. The molecule has 0 N–H and O–H groups in total. The van der Waals surface area contributed by atoms with Gasteiger partial charge in [-0.15, -0.1) is 0 Å². The van der Waals surface area contributed by atoms with Crippen LogP contribution in [-0.4, -0.2) is 37.2 Å². The van der Waals surface area contributed by atoms with E-state index in [9.17, 15) is 14.4 Å². The van der Waals surface area contributed by atoms with Gasteiger partial charge in [-0.05, 0) is 135 Å². The topological polar surface area (TPSA) is 78.9 Å². The number of rotatable bonds is 52. The molecule has 0 radical (unpaired) electrons. The van der Waals surface area contributed by atoms with Crippen LogP contribution in [0.2, 0.25) is 0 Å². The molecular weight excluding hydrogens is 913 g/mol. The van der Waals surface area contributed by atoms with Crippen molar-refractivity contribution in [3.63, 3.8) is 0 Å². The van der Waals surface area contributed by atoms with Gasteiger partial charge in [0.1, 0.15) is 13.2 Å². The van der Waals surface area contributed by atoms with E-state index < -0.39 is 6.10 Å². The first-order chi connectivity index (χ1) is 36.5. The van der Waals surface area contributed by atoms with Crippen molar-refractivity contribution < 1.29 is 28.6 Å². The molecule has 0 rings (SSSR count). The summed E-state index contributed by atoms with van der Waals surface area (Å²) in [7, 11) is 0. The highest BCUT2D eigenvalue weighted by atomic mass is 16.6. The first-order valence-electron chi connectivity index (χ1n) is 29.8. The standard InChI is InChI=1S/C68H108O6/c1-4-7-10-13-16-19-22-25-28-30-31-32-33-34-35-36-37-39-40-43-46-49-52-55-58-61-67(70)73-64-65(63-72-66(69)60-57-54-51-48-45-42-27-24-21-18-15-12-9-6-3)74-68(71)62-59-56-53-50-47-44-41-38-29-26-23-20-17-14-11-8-5-2/h7-8,10-11,15-20,24-29,31-32,34-35,37,39,41,44,65H,4-6,9,12-14,21-23,30,33,36,38,40,42-43,45-64H2,1-3H3/b10-7-,11-8-,18-15-,19-16-,20-17-,27-24-,28-25-,29-26-,32-31-,35-34-,39-37-,44-41-. The minimum atomic E-state index is -0.811. The van der Waals surface area contributed by atoms with Crippen LogP contribution in [-0.2, 0) is 28.6 Å². The second-order valence-electron chi connectivity index (χ2n) is 19.1. The third kappa shape index (κ3) is 58.2. The van der Waals surface area contributed by atoms with E-state index in [1.807, 2.05) is 0 Å². The molecule has 74 heavy (non-hydrogen) atoms. The van der Waals surface area contributed by atoms with Crippen molar-refractivity contribution in [1.82, 2.24) is 0 Å². The molecular formula is C68H108O6. The summed E-state index contributed by atoms with van der Waals surface area (Å²) < 4.78 is 16.8. The average molecular weight is 1020 g/mol. The molecule has 0 aromatic rings. The van der Waals surface area contributed by atoms with Crippen LogP contribution >= 0.6 is 0 Å². The zero-order valence-electron chi connectivity index (χ0n) is 47.5. The molecule has 0 spiro atoms. The van der Waals surface area contributed by atoms with Gasteiger partial charge in [-0.3, -0.25) is 14.4 Å². The number of carbonyl (C=O) groups excluding carboxylic acids is 3. The first kappa shape index (κ1) is 69.3. The Labute approximate surface area is 455 Å². The van der Waals surface area contributed by atoms with E-state index in [0.717, 1.165) is 173 Å². The van der Waals surface area contributed by atoms with Crippen molar-refractivity contribution in [2.75, 3.05) is 13.2 Å². The number of hydrogen-bond acceptors (Lipinski definition) is 6. The highest BCUT2D eigenvalue weighted by Gasteiger charge is 2.19. The van der Waals surface area contributed by atoms with Crippen LogP contribution in [0, 0.1) is 0 Å². The first-order valence-corrected chi connectivity index (χ1v) is 29.8. The van der Waals surface area contributed by atoms with Crippen LogP contribution in [0.3, 0.4) is 0 Å². The quantitative estimate of drug-likeness (QED) is 0.0261. The van der Waals surface area contributed by atoms with Crippen LogP contribution in [0.5, 0.6) is 0 Å². The number of esters is 3. The van der Waals surface area contributed by atoms with Crippen LogP contribution in [0.15, 0.2) is 146 Å². The fourth-order valence-electron chi connectivity index (χ4n) is 7.63. The van der Waals surface area contributed by atoms with E-state index in [-0.39, 0.29) is 37.5 Å². The molecule has 6 nitrogen and oxygen atoms in total. The maximum absolute atomic E-state index is 12.9. The van der Waals surface area contributed by atoms with E-state index in [1.54, 1.807) is 0 Å². The maximum atomic E-state index is 12.9. The normalized spacial score (nSPS) is 13.2. The van der Waals surface area contributed by atoms with Crippen molar-refractivity contribution in [2.24, 2.45) is 0 Å². The molecule has 0 aromatic heterocycles. The molecule has 0 aliphatic heterocycles. The number of allylic oxidation sites excluding steroid dienone is 24. The SMILES string of the molecule is CC/C=C\C/C=C\C/C=C\C/C=C\C/C=C\C/C=C\CCCCCCCCC(=O)OCC(COC(=O)CCCCCCC/C=C\C/C=C\CCCC)OC(=O)CCCCCC/C=C\C/C=C\C/C=C\C/C=C\CC. The van der Waals surface area contributed by atoms with Gasteiger partial charge in [0.2, 0.25) is 0 Å². The largest absolute Gasteiger partial charge is 0.462 e. The fourth-order valence-corrected chi connectivity index (χ4v) is 7.63. The number of carbonyl (C=O) groups is 3. The minimum Gasteiger partial charge on any atom is -0.462 e.